The predicted octanol–water partition coefficient (Wildman–Crippen LogP) is 3.86. The van der Waals surface area contributed by atoms with Gasteiger partial charge in [0, 0.05) is 35.0 Å². The van der Waals surface area contributed by atoms with Crippen molar-refractivity contribution >= 4 is 16.7 Å². The van der Waals surface area contributed by atoms with Gasteiger partial charge in [0.1, 0.15) is 5.69 Å². The summed E-state index contributed by atoms with van der Waals surface area (Å²) in [6, 6.07) is 15.8. The summed E-state index contributed by atoms with van der Waals surface area (Å²) in [5.74, 6) is 0.0585. The number of aryl methyl sites for hydroxylation is 1. The van der Waals surface area contributed by atoms with Crippen LogP contribution in [0.1, 0.15) is 29.4 Å². The Balaban J connectivity index is 1.61. The van der Waals surface area contributed by atoms with Crippen molar-refractivity contribution in [3.63, 3.8) is 0 Å². The molecule has 1 aliphatic heterocycles. The van der Waals surface area contributed by atoms with Gasteiger partial charge in [-0.1, -0.05) is 43.3 Å². The van der Waals surface area contributed by atoms with Gasteiger partial charge in [-0.15, -0.1) is 5.10 Å². The first kappa shape index (κ1) is 17.6. The molecule has 1 unspecified atom stereocenters. The van der Waals surface area contributed by atoms with E-state index < -0.39 is 0 Å². The van der Waals surface area contributed by atoms with Crippen LogP contribution in [0.15, 0.2) is 48.5 Å². The van der Waals surface area contributed by atoms with Gasteiger partial charge in [0.2, 0.25) is 0 Å². The van der Waals surface area contributed by atoms with Crippen molar-refractivity contribution in [2.45, 2.75) is 26.4 Å². The fraction of sp³-hybridized carbons (Fsp3) is 0.318. The average Bonchev–Trinajstić information content (AvgIpc) is 2.74. The van der Waals surface area contributed by atoms with Crippen molar-refractivity contribution in [3.05, 3.63) is 59.8 Å². The van der Waals surface area contributed by atoms with Crippen molar-refractivity contribution in [2.75, 3.05) is 19.7 Å². The topological polar surface area (TPSA) is 55.3 Å². The van der Waals surface area contributed by atoms with Crippen LogP contribution in [0.4, 0.5) is 0 Å². The minimum atomic E-state index is 0.0585. The van der Waals surface area contributed by atoms with Gasteiger partial charge in [0.05, 0.1) is 18.4 Å². The van der Waals surface area contributed by atoms with E-state index in [1.165, 1.54) is 0 Å². The van der Waals surface area contributed by atoms with Crippen LogP contribution in [0.3, 0.4) is 0 Å². The van der Waals surface area contributed by atoms with E-state index in [2.05, 4.69) is 29.3 Å². The maximum absolute atomic E-state index is 12.8. The van der Waals surface area contributed by atoms with Crippen LogP contribution in [-0.2, 0) is 4.74 Å². The third kappa shape index (κ3) is 3.43. The fourth-order valence-electron chi connectivity index (χ4n) is 3.56. The van der Waals surface area contributed by atoms with Gasteiger partial charge in [-0.3, -0.25) is 4.79 Å². The third-order valence-electron chi connectivity index (χ3n) is 5.16. The minimum absolute atomic E-state index is 0.0585. The number of benzene rings is 2. The maximum Gasteiger partial charge on any atom is 0.254 e. The molecule has 27 heavy (non-hydrogen) atoms. The van der Waals surface area contributed by atoms with Crippen LogP contribution in [-0.4, -0.2) is 46.8 Å². The van der Waals surface area contributed by atoms with Crippen molar-refractivity contribution in [2.24, 2.45) is 0 Å². The van der Waals surface area contributed by atoms with Gasteiger partial charge in [0.15, 0.2) is 0 Å². The van der Waals surface area contributed by atoms with E-state index in [0.717, 1.165) is 34.1 Å². The molecule has 1 atom stereocenters. The molecule has 5 heteroatoms. The lowest BCUT2D eigenvalue weighted by molar-refractivity contribution is -0.0226. The summed E-state index contributed by atoms with van der Waals surface area (Å²) in [5.41, 5.74) is 3.41. The lowest BCUT2D eigenvalue weighted by Gasteiger charge is -2.32. The van der Waals surface area contributed by atoms with Crippen LogP contribution in [0.25, 0.3) is 22.0 Å². The van der Waals surface area contributed by atoms with Crippen LogP contribution in [0.5, 0.6) is 0 Å². The summed E-state index contributed by atoms with van der Waals surface area (Å²) in [7, 11) is 0. The van der Waals surface area contributed by atoms with Gasteiger partial charge in [-0.05, 0) is 25.5 Å². The maximum atomic E-state index is 12.8. The number of morpholine rings is 1. The standard InChI is InChI=1S/C22H23N3O2/c1-3-18-14-25(12-13-27-18)22(26)17-10-8-16(9-11-17)21-20-7-5-4-6-19(20)15(2)23-24-21/h4-11,18H,3,12-14H2,1-2H3. The molecule has 0 bridgehead atoms. The summed E-state index contributed by atoms with van der Waals surface area (Å²) in [5, 5.41) is 10.9. The quantitative estimate of drug-likeness (QED) is 0.711. The first-order valence-electron chi connectivity index (χ1n) is 9.40. The van der Waals surface area contributed by atoms with Gasteiger partial charge >= 0.3 is 0 Å². The number of fused-ring (bicyclic) bond motifs is 1. The molecule has 3 aromatic rings. The van der Waals surface area contributed by atoms with Crippen LogP contribution >= 0.6 is 0 Å². The predicted molar refractivity (Wildman–Crippen MR) is 106 cm³/mol. The van der Waals surface area contributed by atoms with E-state index in [9.17, 15) is 4.79 Å². The number of rotatable bonds is 3. The molecule has 2 aromatic carbocycles. The zero-order valence-corrected chi connectivity index (χ0v) is 15.7. The summed E-state index contributed by atoms with van der Waals surface area (Å²) in [4.78, 5) is 14.7. The van der Waals surface area contributed by atoms with Gasteiger partial charge < -0.3 is 9.64 Å². The monoisotopic (exact) mass is 361 g/mol. The molecule has 0 saturated carbocycles. The number of hydrogen-bond acceptors (Lipinski definition) is 4. The van der Waals surface area contributed by atoms with Crippen molar-refractivity contribution in [1.82, 2.24) is 15.1 Å². The molecular formula is C22H23N3O2. The summed E-state index contributed by atoms with van der Waals surface area (Å²) < 4.78 is 5.66. The van der Waals surface area contributed by atoms with E-state index in [4.69, 9.17) is 4.74 Å². The van der Waals surface area contributed by atoms with Crippen molar-refractivity contribution in [3.8, 4) is 11.3 Å². The number of aromatic nitrogens is 2. The molecule has 138 valence electrons. The zero-order chi connectivity index (χ0) is 18.8. The zero-order valence-electron chi connectivity index (χ0n) is 15.7. The van der Waals surface area contributed by atoms with Gasteiger partial charge in [-0.25, -0.2) is 0 Å². The SMILES string of the molecule is CCC1CN(C(=O)c2ccc(-c3nnc(C)c4ccccc34)cc2)CCO1. The Morgan fingerprint density at radius 1 is 1.11 bits per heavy atom. The smallest absolute Gasteiger partial charge is 0.254 e. The molecule has 1 fully saturated rings. The van der Waals surface area contributed by atoms with Gasteiger partial charge in [-0.2, -0.15) is 5.10 Å². The van der Waals surface area contributed by atoms with Crippen molar-refractivity contribution in [1.29, 1.82) is 0 Å². The molecule has 0 spiro atoms. The second-order valence-corrected chi connectivity index (χ2v) is 6.91. The number of hydrogen-bond donors (Lipinski definition) is 0. The lowest BCUT2D eigenvalue weighted by atomic mass is 10.0. The highest BCUT2D eigenvalue weighted by molar-refractivity contribution is 5.97. The minimum Gasteiger partial charge on any atom is -0.375 e. The van der Waals surface area contributed by atoms with Crippen molar-refractivity contribution < 1.29 is 9.53 Å². The molecule has 0 aliphatic carbocycles. The van der Waals surface area contributed by atoms with Crippen LogP contribution in [0, 0.1) is 6.92 Å². The van der Waals surface area contributed by atoms with Gasteiger partial charge in [0.25, 0.3) is 5.91 Å². The van der Waals surface area contributed by atoms with E-state index in [1.807, 2.05) is 48.2 Å². The molecule has 0 radical (unpaired) electrons. The van der Waals surface area contributed by atoms with Crippen LogP contribution < -0.4 is 0 Å². The second kappa shape index (κ2) is 7.45. The Hall–Kier alpha value is -2.79. The normalized spacial score (nSPS) is 17.3. The Morgan fingerprint density at radius 3 is 2.59 bits per heavy atom. The first-order chi connectivity index (χ1) is 13.2. The summed E-state index contributed by atoms with van der Waals surface area (Å²) >= 11 is 0. The second-order valence-electron chi connectivity index (χ2n) is 6.91. The highest BCUT2D eigenvalue weighted by Gasteiger charge is 2.24. The molecule has 1 saturated heterocycles. The Labute approximate surface area is 159 Å². The third-order valence-corrected chi connectivity index (χ3v) is 5.16. The Bertz CT molecular complexity index is 969. The average molecular weight is 361 g/mol. The first-order valence-corrected chi connectivity index (χ1v) is 9.40. The Morgan fingerprint density at radius 2 is 1.85 bits per heavy atom. The largest absolute Gasteiger partial charge is 0.375 e. The van der Waals surface area contributed by atoms with E-state index in [-0.39, 0.29) is 12.0 Å². The molecular weight excluding hydrogens is 338 g/mol. The number of nitrogens with zero attached hydrogens (tertiary/aromatic N) is 3. The molecule has 1 amide bonds. The number of carbonyl (C=O) groups is 1. The highest BCUT2D eigenvalue weighted by Crippen LogP contribution is 2.27. The molecule has 0 N–H and O–H groups in total. The Kier molecular flexibility index (Phi) is 4.86. The molecule has 4 rings (SSSR count). The summed E-state index contributed by atoms with van der Waals surface area (Å²) in [6.45, 7) is 5.96. The summed E-state index contributed by atoms with van der Waals surface area (Å²) in [6.07, 6.45) is 1.05. The van der Waals surface area contributed by atoms with E-state index in [1.54, 1.807) is 0 Å². The van der Waals surface area contributed by atoms with Crippen LogP contribution in [0.2, 0.25) is 0 Å². The van der Waals surface area contributed by atoms with E-state index in [0.29, 0.717) is 25.3 Å². The number of carbonyl (C=O) groups excluding carboxylic acids is 1. The van der Waals surface area contributed by atoms with E-state index >= 15 is 0 Å². The fourth-order valence-corrected chi connectivity index (χ4v) is 3.56. The molecule has 5 nitrogen and oxygen atoms in total. The molecule has 2 heterocycles. The molecule has 1 aromatic heterocycles. The number of ether oxygens (including phenoxy) is 1. The highest BCUT2D eigenvalue weighted by atomic mass is 16.5. The number of amides is 1. The molecule has 1 aliphatic rings. The lowest BCUT2D eigenvalue weighted by Crippen LogP contribution is -2.45.